The molecule has 0 aliphatic heterocycles. The molecule has 0 amide bonds. The molecule has 0 bridgehead atoms. The molecule has 0 spiro atoms. The van der Waals surface area contributed by atoms with Crippen LogP contribution in [0.15, 0.2) is 312 Å². The topological polar surface area (TPSA) is 29.5 Å². The summed E-state index contributed by atoms with van der Waals surface area (Å²) in [5.74, 6) is 0. The maximum absolute atomic E-state index is 6.83. The Balaban J connectivity index is 0.000000146. The van der Waals surface area contributed by atoms with Crippen LogP contribution in [-0.2, 0) is 10.8 Å². The van der Waals surface area contributed by atoms with E-state index >= 15 is 0 Å². The first-order valence-electron chi connectivity index (χ1n) is 28.0. The Kier molecular flexibility index (Phi) is 11.1. The van der Waals surface area contributed by atoms with E-state index < -0.39 is 10.8 Å². The fraction of sp³-hybridized carbons (Fsp3) is 0.0256. The smallest absolute Gasteiger partial charge is 0.137 e. The van der Waals surface area contributed by atoms with Gasteiger partial charge in [0.15, 0.2) is 0 Å². The van der Waals surface area contributed by atoms with E-state index in [1.165, 1.54) is 77.5 Å². The van der Waals surface area contributed by atoms with E-state index in [2.05, 4.69) is 296 Å². The number of halogens is 1. The number of anilines is 3. The van der Waals surface area contributed by atoms with Crippen molar-refractivity contribution in [3.05, 3.63) is 353 Å². The first kappa shape index (κ1) is 47.8. The summed E-state index contributed by atoms with van der Waals surface area (Å²) in [5.41, 5.74) is 21.0. The van der Waals surface area contributed by atoms with Gasteiger partial charge in [-0.05, 0) is 127 Å². The highest BCUT2D eigenvalue weighted by molar-refractivity contribution is 6.31. The standard InChI is InChI=1S/C47H31NO.C31H19ClO/c1-3-17-33(18-4-1)47(40-24-11-9-22-37(40)38-23-10-12-25-41(38)47)42-26-14-28-44-46(42)39-30-29-35(31-45(39)49-44)48(34-19-5-2-6-20-34)43-27-13-16-32-15-7-8-21-36(32)43;32-21-17-18-24-29(19-21)33-28-16-8-15-27(30(24)28)31(20-9-2-1-3-10-20)25-13-6-4-11-22(25)23-12-5-7-14-26(23)31/h1-31H;1-19H. The second-order valence-electron chi connectivity index (χ2n) is 21.5. The molecule has 0 fully saturated rings. The Labute approximate surface area is 480 Å². The molecule has 386 valence electrons. The van der Waals surface area contributed by atoms with Crippen molar-refractivity contribution in [3.63, 3.8) is 0 Å². The Morgan fingerprint density at radius 1 is 0.280 bits per heavy atom. The number of furan rings is 2. The Morgan fingerprint density at radius 3 is 1.21 bits per heavy atom. The predicted molar refractivity (Wildman–Crippen MR) is 339 cm³/mol. The summed E-state index contributed by atoms with van der Waals surface area (Å²) >= 11 is 6.31. The van der Waals surface area contributed by atoms with Gasteiger partial charge in [-0.2, -0.15) is 0 Å². The lowest BCUT2D eigenvalue weighted by Gasteiger charge is -2.34. The van der Waals surface area contributed by atoms with Gasteiger partial charge in [0, 0.05) is 55.5 Å². The van der Waals surface area contributed by atoms with Gasteiger partial charge in [-0.15, -0.1) is 0 Å². The Bertz CT molecular complexity index is 4870. The number of benzene rings is 13. The molecule has 0 unspecified atom stereocenters. The van der Waals surface area contributed by atoms with Crippen LogP contribution in [0.2, 0.25) is 5.02 Å². The maximum atomic E-state index is 6.83. The molecule has 2 aliphatic carbocycles. The van der Waals surface area contributed by atoms with Crippen LogP contribution in [-0.4, -0.2) is 0 Å². The summed E-state index contributed by atoms with van der Waals surface area (Å²) in [6.45, 7) is 0. The van der Waals surface area contributed by atoms with Gasteiger partial charge in [0.05, 0.1) is 16.5 Å². The third-order valence-electron chi connectivity index (χ3n) is 17.3. The maximum Gasteiger partial charge on any atom is 0.137 e. The molecule has 13 aromatic carbocycles. The molecule has 0 saturated carbocycles. The van der Waals surface area contributed by atoms with Crippen molar-refractivity contribution >= 4 is 83.3 Å². The first-order chi connectivity index (χ1) is 40.6. The number of fused-ring (bicyclic) bond motifs is 13. The monoisotopic (exact) mass is 1070 g/mol. The molecule has 2 aromatic heterocycles. The Hall–Kier alpha value is -10.2. The summed E-state index contributed by atoms with van der Waals surface area (Å²) in [6, 6.07) is 109. The van der Waals surface area contributed by atoms with Gasteiger partial charge in [-0.1, -0.05) is 248 Å². The minimum absolute atomic E-state index is 0.454. The molecular weight excluding hydrogens is 1020 g/mol. The van der Waals surface area contributed by atoms with Crippen LogP contribution in [0.4, 0.5) is 17.1 Å². The zero-order valence-electron chi connectivity index (χ0n) is 44.5. The van der Waals surface area contributed by atoms with E-state index in [-0.39, 0.29) is 0 Å². The van der Waals surface area contributed by atoms with Crippen LogP contribution >= 0.6 is 11.6 Å². The summed E-state index contributed by atoms with van der Waals surface area (Å²) in [7, 11) is 0. The van der Waals surface area contributed by atoms with E-state index in [9.17, 15) is 0 Å². The molecule has 0 radical (unpaired) electrons. The summed E-state index contributed by atoms with van der Waals surface area (Å²) in [4.78, 5) is 2.34. The second kappa shape index (κ2) is 19.0. The van der Waals surface area contributed by atoms with Crippen LogP contribution in [0.1, 0.15) is 44.5 Å². The van der Waals surface area contributed by atoms with Crippen molar-refractivity contribution in [2.75, 3.05) is 4.90 Å². The lowest BCUT2D eigenvalue weighted by molar-refractivity contribution is 0.667. The van der Waals surface area contributed by atoms with Crippen LogP contribution in [0, 0.1) is 0 Å². The van der Waals surface area contributed by atoms with Gasteiger partial charge in [0.2, 0.25) is 0 Å². The van der Waals surface area contributed by atoms with Crippen molar-refractivity contribution in [1.29, 1.82) is 0 Å². The number of hydrogen-bond donors (Lipinski definition) is 0. The average Bonchev–Trinajstić information content (AvgIpc) is 2.62. The van der Waals surface area contributed by atoms with Gasteiger partial charge in [0.25, 0.3) is 0 Å². The summed E-state index contributed by atoms with van der Waals surface area (Å²) in [6.07, 6.45) is 0. The third kappa shape index (κ3) is 7.03. The molecule has 3 nitrogen and oxygen atoms in total. The molecule has 2 aliphatic rings. The molecule has 4 heteroatoms. The van der Waals surface area contributed by atoms with Crippen LogP contribution in [0.25, 0.3) is 76.9 Å². The number of hydrogen-bond acceptors (Lipinski definition) is 3. The van der Waals surface area contributed by atoms with E-state index in [1.807, 2.05) is 12.1 Å². The van der Waals surface area contributed by atoms with Crippen molar-refractivity contribution < 1.29 is 8.83 Å². The Morgan fingerprint density at radius 2 is 0.683 bits per heavy atom. The van der Waals surface area contributed by atoms with Gasteiger partial charge in [-0.25, -0.2) is 0 Å². The summed E-state index contributed by atoms with van der Waals surface area (Å²) in [5, 5.41) is 7.57. The van der Waals surface area contributed by atoms with Crippen LogP contribution in [0.3, 0.4) is 0 Å². The van der Waals surface area contributed by atoms with Crippen molar-refractivity contribution in [2.45, 2.75) is 10.8 Å². The number of para-hydroxylation sites is 1. The van der Waals surface area contributed by atoms with Crippen molar-refractivity contribution in [3.8, 4) is 22.3 Å². The van der Waals surface area contributed by atoms with E-state index in [1.54, 1.807) is 0 Å². The lowest BCUT2D eigenvalue weighted by atomic mass is 9.66. The fourth-order valence-corrected chi connectivity index (χ4v) is 14.3. The second-order valence-corrected chi connectivity index (χ2v) is 21.9. The minimum Gasteiger partial charge on any atom is -0.456 e. The predicted octanol–water partition coefficient (Wildman–Crippen LogP) is 21.2. The molecule has 0 saturated heterocycles. The fourth-order valence-electron chi connectivity index (χ4n) is 14.1. The minimum atomic E-state index is -0.511. The number of rotatable bonds is 7. The van der Waals surface area contributed by atoms with Crippen molar-refractivity contribution in [2.24, 2.45) is 0 Å². The summed E-state index contributed by atoms with van der Waals surface area (Å²) < 4.78 is 13.1. The highest BCUT2D eigenvalue weighted by Crippen LogP contribution is 2.60. The molecule has 82 heavy (non-hydrogen) atoms. The molecule has 0 atom stereocenters. The van der Waals surface area contributed by atoms with Crippen LogP contribution in [0.5, 0.6) is 0 Å². The average molecular weight is 1070 g/mol. The largest absolute Gasteiger partial charge is 0.456 e. The van der Waals surface area contributed by atoms with E-state index in [0.717, 1.165) is 60.9 Å². The zero-order chi connectivity index (χ0) is 54.4. The number of nitrogens with zero attached hydrogens (tertiary/aromatic N) is 1. The molecule has 15 aromatic rings. The van der Waals surface area contributed by atoms with E-state index in [4.69, 9.17) is 20.4 Å². The van der Waals surface area contributed by atoms with E-state index in [0.29, 0.717) is 5.02 Å². The lowest BCUT2D eigenvalue weighted by Crippen LogP contribution is -2.28. The first-order valence-corrected chi connectivity index (χ1v) is 28.4. The highest BCUT2D eigenvalue weighted by Gasteiger charge is 2.49. The van der Waals surface area contributed by atoms with Gasteiger partial charge >= 0.3 is 0 Å². The van der Waals surface area contributed by atoms with Gasteiger partial charge < -0.3 is 13.7 Å². The quantitative estimate of drug-likeness (QED) is 0.159. The third-order valence-corrected chi connectivity index (χ3v) is 17.6. The van der Waals surface area contributed by atoms with Gasteiger partial charge in [-0.3, -0.25) is 0 Å². The van der Waals surface area contributed by atoms with Gasteiger partial charge in [0.1, 0.15) is 22.3 Å². The SMILES string of the molecule is Clc1ccc2c(c1)oc1cccc(C3(c4ccccc4)c4ccccc4-c4ccccc43)c12.c1ccc(N(c2ccc3c(c2)oc2cccc(C4(c5ccccc5)c5ccccc5-c5ccccc54)c23)c2cccc3ccccc23)cc1. The van der Waals surface area contributed by atoms with Crippen LogP contribution < -0.4 is 4.90 Å². The molecular formula is C78H50ClNO2. The van der Waals surface area contributed by atoms with Crippen molar-refractivity contribution in [1.82, 2.24) is 0 Å². The molecule has 2 heterocycles. The zero-order valence-corrected chi connectivity index (χ0v) is 45.3. The molecule has 17 rings (SSSR count). The molecule has 0 N–H and O–H groups in total. The normalized spacial score (nSPS) is 13.4. The highest BCUT2D eigenvalue weighted by atomic mass is 35.5.